The predicted octanol–water partition coefficient (Wildman–Crippen LogP) is 0.777. The molecule has 58 heavy (non-hydrogen) atoms. The smallest absolute Gasteiger partial charge is 0.408 e. The van der Waals surface area contributed by atoms with Crippen molar-refractivity contribution in [2.24, 2.45) is 5.92 Å². The number of carboxylic acid groups (broad SMARTS) is 2. The van der Waals surface area contributed by atoms with Gasteiger partial charge in [0.25, 0.3) is 5.91 Å². The minimum absolute atomic E-state index is 0.0548. The molecule has 322 valence electrons. The number of amides is 6. The number of carbonyl (C=O) groups excluding carboxylic acids is 7. The highest BCUT2D eigenvalue weighted by atomic mass is 16.6. The van der Waals surface area contributed by atoms with Crippen molar-refractivity contribution in [2.75, 3.05) is 26.7 Å². The highest BCUT2D eigenvalue weighted by Gasteiger charge is 2.47. The van der Waals surface area contributed by atoms with E-state index in [2.05, 4.69) is 26.6 Å². The molecular weight excluding hydrogens is 760 g/mol. The first-order valence-electron chi connectivity index (χ1n) is 19.0. The first kappa shape index (κ1) is 48.6. The molecule has 1 fully saturated rings. The molecule has 1 aliphatic heterocycles. The van der Waals surface area contributed by atoms with Crippen LogP contribution in [0.25, 0.3) is 0 Å². The van der Waals surface area contributed by atoms with Gasteiger partial charge in [-0.25, -0.2) is 19.2 Å². The van der Waals surface area contributed by atoms with Crippen molar-refractivity contribution in [3.63, 3.8) is 0 Å². The van der Waals surface area contributed by atoms with Gasteiger partial charge >= 0.3 is 29.9 Å². The third-order valence-corrected chi connectivity index (χ3v) is 8.69. The van der Waals surface area contributed by atoms with Crippen molar-refractivity contribution in [3.05, 3.63) is 35.9 Å². The van der Waals surface area contributed by atoms with Crippen LogP contribution in [-0.2, 0) is 54.3 Å². The molecule has 0 spiro atoms. The predicted molar refractivity (Wildman–Crippen MR) is 206 cm³/mol. The Balaban J connectivity index is 2.20. The van der Waals surface area contributed by atoms with E-state index in [1.54, 1.807) is 71.9 Å². The van der Waals surface area contributed by atoms with Gasteiger partial charge in [0.05, 0.1) is 13.6 Å². The molecule has 0 saturated carbocycles. The Morgan fingerprint density at radius 3 is 1.93 bits per heavy atom. The number of rotatable bonds is 19. The number of piperidine rings is 1. The average Bonchev–Trinajstić information content (AvgIpc) is 3.08. The monoisotopic (exact) mass is 819 g/mol. The fourth-order valence-corrected chi connectivity index (χ4v) is 6.28. The van der Waals surface area contributed by atoms with Gasteiger partial charge in [0.1, 0.15) is 41.9 Å². The van der Waals surface area contributed by atoms with Gasteiger partial charge in [0.15, 0.2) is 6.54 Å². The van der Waals surface area contributed by atoms with E-state index in [0.29, 0.717) is 5.56 Å². The average molecular weight is 820 g/mol. The Kier molecular flexibility index (Phi) is 17.8. The summed E-state index contributed by atoms with van der Waals surface area (Å²) in [5.41, 5.74) is -1.07. The second-order valence-electron chi connectivity index (χ2n) is 16.7. The second kappa shape index (κ2) is 21.2. The third kappa shape index (κ3) is 17.7. The number of carbonyl (C=O) groups is 9. The molecule has 6 amide bonds. The van der Waals surface area contributed by atoms with Crippen LogP contribution in [0.4, 0.5) is 4.79 Å². The van der Waals surface area contributed by atoms with Gasteiger partial charge in [-0.2, -0.15) is 0 Å². The van der Waals surface area contributed by atoms with E-state index in [4.69, 9.17) is 14.6 Å². The molecule has 19 heteroatoms. The van der Waals surface area contributed by atoms with Crippen LogP contribution in [0.15, 0.2) is 30.3 Å². The summed E-state index contributed by atoms with van der Waals surface area (Å²) < 4.78 is 10.1. The topological polar surface area (TPSA) is 273 Å². The number of esters is 1. The lowest BCUT2D eigenvalue weighted by atomic mass is 9.92. The molecule has 6 atom stereocenters. The van der Waals surface area contributed by atoms with Crippen molar-refractivity contribution in [2.45, 2.75) is 122 Å². The van der Waals surface area contributed by atoms with Gasteiger partial charge in [-0.3, -0.25) is 28.5 Å². The Hall–Kier alpha value is -5.59. The standard InChI is InChI=1S/C39H58N6O13/c1-23-18-28(44-33(51)27(19-24-12-10-9-11-13-24)43-30(47)20-40-37(56)58-39(5,6)7)34(52)45(8,21-23)22-31(48)42-26(36(55)57-38(2,3)4)14-16-29(46)41-25(35(53)54)15-17-32(49)50/h9-13,23,25-28H,14-22H2,1-8H3,(H6-,40,41,42,43,44,46,47,48,49,50,51,53,54,56)/p+1. The van der Waals surface area contributed by atoms with Crippen LogP contribution >= 0.6 is 0 Å². The molecule has 2 rings (SSSR count). The maximum absolute atomic E-state index is 14.0. The number of ether oxygens (including phenoxy) is 2. The molecule has 1 heterocycles. The summed E-state index contributed by atoms with van der Waals surface area (Å²) in [7, 11) is 1.52. The molecular formula is C39H59N6O13+. The van der Waals surface area contributed by atoms with Crippen LogP contribution in [0.2, 0.25) is 0 Å². The summed E-state index contributed by atoms with van der Waals surface area (Å²) >= 11 is 0. The number of benzene rings is 1. The molecule has 0 aromatic heterocycles. The van der Waals surface area contributed by atoms with E-state index in [1.807, 2.05) is 6.92 Å². The summed E-state index contributed by atoms with van der Waals surface area (Å²) in [5, 5.41) is 30.8. The Morgan fingerprint density at radius 2 is 1.36 bits per heavy atom. The second-order valence-corrected chi connectivity index (χ2v) is 16.7. The number of likely N-dealkylation sites (N-methyl/N-ethyl adjacent to an activating group) is 1. The number of quaternary nitrogens is 1. The highest BCUT2D eigenvalue weighted by molar-refractivity contribution is 5.93. The van der Waals surface area contributed by atoms with Gasteiger partial charge in [-0.05, 0) is 66.4 Å². The van der Waals surface area contributed by atoms with Crippen molar-refractivity contribution < 1.29 is 67.3 Å². The fourth-order valence-electron chi connectivity index (χ4n) is 6.28. The lowest BCUT2D eigenvalue weighted by molar-refractivity contribution is -0.834. The van der Waals surface area contributed by atoms with E-state index >= 15 is 0 Å². The van der Waals surface area contributed by atoms with Crippen LogP contribution in [0.3, 0.4) is 0 Å². The number of hydrogen-bond acceptors (Lipinski definition) is 11. The molecule has 0 radical (unpaired) electrons. The minimum Gasteiger partial charge on any atom is -0.481 e. The molecule has 1 aliphatic rings. The van der Waals surface area contributed by atoms with E-state index in [9.17, 15) is 48.3 Å². The maximum atomic E-state index is 14.0. The van der Waals surface area contributed by atoms with Gasteiger partial charge in [-0.15, -0.1) is 0 Å². The summed E-state index contributed by atoms with van der Waals surface area (Å²) in [6.45, 7) is 10.9. The number of aliphatic carboxylic acids is 2. The normalized spacial score (nSPS) is 19.6. The summed E-state index contributed by atoms with van der Waals surface area (Å²) in [4.78, 5) is 115. The summed E-state index contributed by atoms with van der Waals surface area (Å²) in [6.07, 6.45) is -2.17. The zero-order valence-electron chi connectivity index (χ0n) is 34.5. The Morgan fingerprint density at radius 1 is 0.793 bits per heavy atom. The maximum Gasteiger partial charge on any atom is 0.408 e. The fraction of sp³-hybridized carbons (Fsp3) is 0.615. The third-order valence-electron chi connectivity index (χ3n) is 8.69. The molecule has 19 nitrogen and oxygen atoms in total. The Labute approximate surface area is 337 Å². The van der Waals surface area contributed by atoms with E-state index in [0.717, 1.165) is 0 Å². The number of likely N-dealkylation sites (tertiary alicyclic amines) is 1. The number of hydrogen-bond donors (Lipinski definition) is 7. The van der Waals surface area contributed by atoms with Gasteiger partial charge in [-0.1, -0.05) is 37.3 Å². The quantitative estimate of drug-likeness (QED) is 0.0752. The van der Waals surface area contributed by atoms with E-state index in [1.165, 1.54) is 7.05 Å². The molecule has 0 aliphatic carbocycles. The van der Waals surface area contributed by atoms with Crippen LogP contribution in [-0.4, -0.2) is 130 Å². The first-order chi connectivity index (χ1) is 26.8. The number of carboxylic acids is 2. The van der Waals surface area contributed by atoms with Crippen molar-refractivity contribution in [1.82, 2.24) is 26.6 Å². The lowest BCUT2D eigenvalue weighted by Crippen LogP contribution is -2.67. The Bertz CT molecular complexity index is 1670. The van der Waals surface area contributed by atoms with Crippen LogP contribution in [0, 0.1) is 5.92 Å². The molecule has 1 aromatic rings. The zero-order chi connectivity index (χ0) is 44.0. The largest absolute Gasteiger partial charge is 0.481 e. The van der Waals surface area contributed by atoms with Gasteiger partial charge in [0, 0.05) is 25.2 Å². The van der Waals surface area contributed by atoms with Gasteiger partial charge < -0.3 is 46.3 Å². The number of alkyl carbamates (subject to hydrolysis) is 1. The summed E-state index contributed by atoms with van der Waals surface area (Å²) in [6, 6.07) is 3.73. The highest BCUT2D eigenvalue weighted by Crippen LogP contribution is 2.24. The van der Waals surface area contributed by atoms with Crippen LogP contribution in [0.1, 0.15) is 86.1 Å². The summed E-state index contributed by atoms with van der Waals surface area (Å²) in [5.74, 6) is -7.17. The molecule has 7 N–H and O–H groups in total. The number of nitrogens with one attached hydrogen (secondary N) is 5. The lowest BCUT2D eigenvalue weighted by Gasteiger charge is -2.41. The molecule has 0 bridgehead atoms. The number of nitrogens with zero attached hydrogens (tertiary/aromatic N) is 1. The van der Waals surface area contributed by atoms with E-state index < -0.39 is 119 Å². The van der Waals surface area contributed by atoms with Crippen LogP contribution < -0.4 is 26.6 Å². The van der Waals surface area contributed by atoms with Crippen LogP contribution in [0.5, 0.6) is 0 Å². The minimum atomic E-state index is -1.49. The molecule has 6 unspecified atom stereocenters. The van der Waals surface area contributed by atoms with Crippen molar-refractivity contribution in [3.8, 4) is 0 Å². The van der Waals surface area contributed by atoms with Crippen molar-refractivity contribution >= 4 is 53.5 Å². The zero-order valence-corrected chi connectivity index (χ0v) is 34.5. The molecule has 1 aromatic carbocycles. The molecule has 1 saturated heterocycles. The van der Waals surface area contributed by atoms with Crippen molar-refractivity contribution in [1.29, 1.82) is 0 Å². The van der Waals surface area contributed by atoms with E-state index in [-0.39, 0.29) is 38.1 Å². The first-order valence-corrected chi connectivity index (χ1v) is 19.0. The SMILES string of the molecule is CC1CC(NC(=O)C(Cc2ccccc2)NC(=O)CNC(=O)OC(C)(C)C)C(=O)[N+](C)(CC(=O)NC(CCC(=O)NC(CCC(=O)O)C(=O)O)C(=O)OC(C)(C)C)C1. The van der Waals surface area contributed by atoms with Gasteiger partial charge in [0.2, 0.25) is 17.7 Å².